The van der Waals surface area contributed by atoms with Gasteiger partial charge in [-0.3, -0.25) is 9.59 Å². The molecule has 0 bridgehead atoms. The largest absolute Gasteiger partial charge is 0.479 e. The number of para-hydroxylation sites is 1. The van der Waals surface area contributed by atoms with Crippen LogP contribution in [0.3, 0.4) is 0 Å². The third-order valence-corrected chi connectivity index (χ3v) is 8.26. The van der Waals surface area contributed by atoms with E-state index in [0.29, 0.717) is 22.2 Å². The Morgan fingerprint density at radius 1 is 1.06 bits per heavy atom. The minimum atomic E-state index is -3.89. The number of sulfonamides is 1. The molecular formula is C24H23N3O7S. The number of carbonyl (C=O) groups is 2. The molecule has 0 saturated carbocycles. The van der Waals surface area contributed by atoms with Gasteiger partial charge in [-0.1, -0.05) is 18.2 Å². The highest BCUT2D eigenvalue weighted by atomic mass is 32.2. The number of nitrogens with one attached hydrogen (secondary N) is 1. The molecule has 3 aromatic rings. The number of aryl methyl sites for hydroxylation is 1. The zero-order valence-electron chi connectivity index (χ0n) is 19.1. The average molecular weight is 498 g/mol. The van der Waals surface area contributed by atoms with Gasteiger partial charge in [-0.25, -0.2) is 13.2 Å². The van der Waals surface area contributed by atoms with Gasteiger partial charge in [-0.2, -0.15) is 4.31 Å². The first-order valence-electron chi connectivity index (χ1n) is 11.1. The molecule has 3 heterocycles. The van der Waals surface area contributed by atoms with Crippen molar-refractivity contribution in [2.45, 2.75) is 24.8 Å². The van der Waals surface area contributed by atoms with Crippen LogP contribution in [0.15, 0.2) is 56.6 Å². The molecule has 1 atom stereocenters. The lowest BCUT2D eigenvalue weighted by Gasteiger charge is -2.34. The van der Waals surface area contributed by atoms with Gasteiger partial charge in [0.1, 0.15) is 16.9 Å². The van der Waals surface area contributed by atoms with E-state index >= 15 is 0 Å². The molecule has 0 aliphatic carbocycles. The van der Waals surface area contributed by atoms with Crippen LogP contribution >= 0.6 is 0 Å². The van der Waals surface area contributed by atoms with Crippen LogP contribution in [0, 0.1) is 6.92 Å². The summed E-state index contributed by atoms with van der Waals surface area (Å²) in [7, 11) is -3.89. The van der Waals surface area contributed by atoms with E-state index in [0.717, 1.165) is 0 Å². The fourth-order valence-electron chi connectivity index (χ4n) is 4.27. The highest BCUT2D eigenvalue weighted by Gasteiger charge is 2.34. The van der Waals surface area contributed by atoms with Crippen molar-refractivity contribution < 1.29 is 27.2 Å². The van der Waals surface area contributed by atoms with Gasteiger partial charge >= 0.3 is 5.63 Å². The van der Waals surface area contributed by atoms with Crippen LogP contribution in [-0.2, 0) is 14.8 Å². The molecule has 2 aliphatic rings. The Labute approximate surface area is 201 Å². The second-order valence-corrected chi connectivity index (χ2v) is 10.5. The molecule has 35 heavy (non-hydrogen) atoms. The number of ether oxygens (including phenoxy) is 1. The van der Waals surface area contributed by atoms with Gasteiger partial charge in [-0.15, -0.1) is 0 Å². The lowest BCUT2D eigenvalue weighted by atomic mass is 10.1. The van der Waals surface area contributed by atoms with Crippen LogP contribution in [-0.4, -0.2) is 61.7 Å². The van der Waals surface area contributed by atoms with E-state index in [2.05, 4.69) is 5.32 Å². The fourth-order valence-corrected chi connectivity index (χ4v) is 5.92. The van der Waals surface area contributed by atoms with Crippen molar-refractivity contribution in [2.75, 3.05) is 31.5 Å². The Bertz CT molecular complexity index is 1520. The van der Waals surface area contributed by atoms with Gasteiger partial charge in [-0.05, 0) is 37.6 Å². The molecule has 0 radical (unpaired) electrons. The van der Waals surface area contributed by atoms with Crippen LogP contribution in [0.25, 0.3) is 11.0 Å². The summed E-state index contributed by atoms with van der Waals surface area (Å²) in [5.74, 6) is -0.503. The van der Waals surface area contributed by atoms with Crippen molar-refractivity contribution in [2.24, 2.45) is 0 Å². The number of hydrogen-bond donors (Lipinski definition) is 1. The van der Waals surface area contributed by atoms with E-state index in [-0.39, 0.29) is 48.3 Å². The third kappa shape index (κ3) is 4.06. The van der Waals surface area contributed by atoms with E-state index in [4.69, 9.17) is 9.15 Å². The quantitative estimate of drug-likeness (QED) is 0.548. The Morgan fingerprint density at radius 3 is 2.51 bits per heavy atom. The van der Waals surface area contributed by atoms with Crippen molar-refractivity contribution in [3.05, 3.63) is 64.0 Å². The molecule has 11 heteroatoms. The Balaban J connectivity index is 1.35. The monoisotopic (exact) mass is 497 g/mol. The van der Waals surface area contributed by atoms with Crippen molar-refractivity contribution >= 4 is 38.5 Å². The number of carbonyl (C=O) groups excluding carboxylic acids is 2. The molecule has 2 aliphatic heterocycles. The molecule has 2 amide bonds. The van der Waals surface area contributed by atoms with E-state index in [1.807, 2.05) is 0 Å². The molecule has 1 fully saturated rings. The third-order valence-electron chi connectivity index (χ3n) is 6.22. The molecule has 2 aromatic carbocycles. The number of amides is 2. The number of hydrogen-bond acceptors (Lipinski definition) is 7. The first kappa shape index (κ1) is 23.1. The summed E-state index contributed by atoms with van der Waals surface area (Å²) < 4.78 is 38.9. The van der Waals surface area contributed by atoms with Crippen molar-refractivity contribution in [1.82, 2.24) is 9.21 Å². The smallest absolute Gasteiger partial charge is 0.349 e. The van der Waals surface area contributed by atoms with Gasteiger partial charge < -0.3 is 19.4 Å². The molecule has 5 rings (SSSR count). The number of benzene rings is 2. The van der Waals surface area contributed by atoms with Gasteiger partial charge in [0.15, 0.2) is 6.10 Å². The molecule has 1 N–H and O–H groups in total. The number of fused-ring (bicyclic) bond motifs is 2. The van der Waals surface area contributed by atoms with Crippen LogP contribution in [0.5, 0.6) is 5.75 Å². The van der Waals surface area contributed by atoms with E-state index in [9.17, 15) is 22.8 Å². The molecule has 0 spiro atoms. The summed E-state index contributed by atoms with van der Waals surface area (Å²) >= 11 is 0. The second kappa shape index (κ2) is 8.51. The van der Waals surface area contributed by atoms with Crippen molar-refractivity contribution in [3.8, 4) is 5.75 Å². The topological polar surface area (TPSA) is 126 Å². The Hall–Kier alpha value is -3.70. The van der Waals surface area contributed by atoms with E-state index < -0.39 is 27.7 Å². The highest BCUT2D eigenvalue weighted by Crippen LogP contribution is 2.35. The Morgan fingerprint density at radius 2 is 1.77 bits per heavy atom. The van der Waals surface area contributed by atoms with E-state index in [1.165, 1.54) is 21.3 Å². The van der Waals surface area contributed by atoms with Crippen LogP contribution in [0.2, 0.25) is 0 Å². The maximum absolute atomic E-state index is 13.4. The summed E-state index contributed by atoms with van der Waals surface area (Å²) in [5.41, 5.74) is 0.473. The maximum Gasteiger partial charge on any atom is 0.349 e. The minimum absolute atomic E-state index is 0.0670. The molecule has 1 aromatic heterocycles. The number of anilines is 1. The summed E-state index contributed by atoms with van der Waals surface area (Å²) in [6.45, 7) is 3.61. The summed E-state index contributed by atoms with van der Waals surface area (Å²) in [5, 5.41) is 3.34. The molecule has 10 nitrogen and oxygen atoms in total. The maximum atomic E-state index is 13.4. The minimum Gasteiger partial charge on any atom is -0.479 e. The normalized spacial score (nSPS) is 18.6. The van der Waals surface area contributed by atoms with Crippen molar-refractivity contribution in [3.63, 3.8) is 0 Å². The predicted molar refractivity (Wildman–Crippen MR) is 127 cm³/mol. The predicted octanol–water partition coefficient (Wildman–Crippen LogP) is 1.97. The van der Waals surface area contributed by atoms with Crippen LogP contribution < -0.4 is 15.7 Å². The second-order valence-electron chi connectivity index (χ2n) is 8.54. The lowest BCUT2D eigenvalue weighted by molar-refractivity contribution is -0.122. The van der Waals surface area contributed by atoms with Crippen LogP contribution in [0.4, 0.5) is 5.69 Å². The summed E-state index contributed by atoms with van der Waals surface area (Å²) in [6, 6.07) is 11.4. The van der Waals surface area contributed by atoms with E-state index in [1.54, 1.807) is 44.2 Å². The summed E-state index contributed by atoms with van der Waals surface area (Å²) in [6.07, 6.45) is -0.733. The highest BCUT2D eigenvalue weighted by molar-refractivity contribution is 7.89. The van der Waals surface area contributed by atoms with Gasteiger partial charge in [0.05, 0.1) is 10.6 Å². The SMILES string of the molecule is Cc1cc2c(cc1S(=O)(=O)N1CCN(C(=O)c3cc4ccccc4oc3=O)CC1)O[C@@H](C)C(=O)N2. The first-order chi connectivity index (χ1) is 16.6. The van der Waals surface area contributed by atoms with Crippen molar-refractivity contribution in [1.29, 1.82) is 0 Å². The standard InChI is InChI=1S/C24H23N3O7S/c1-14-11-18-20(33-15(2)22(28)25-18)13-21(14)35(31,32)27-9-7-26(8-10-27)23(29)17-12-16-5-3-4-6-19(16)34-24(17)30/h3-6,11-13,15H,7-10H2,1-2H3,(H,25,28)/t15-/m0/s1. The van der Waals surface area contributed by atoms with Gasteiger partial charge in [0.2, 0.25) is 10.0 Å². The molecular weight excluding hydrogens is 474 g/mol. The Kier molecular flexibility index (Phi) is 5.60. The first-order valence-corrected chi connectivity index (χ1v) is 12.5. The average Bonchev–Trinajstić information content (AvgIpc) is 2.84. The van der Waals surface area contributed by atoms with Crippen LogP contribution in [0.1, 0.15) is 22.8 Å². The van der Waals surface area contributed by atoms with Gasteiger partial charge in [0.25, 0.3) is 11.8 Å². The lowest BCUT2D eigenvalue weighted by Crippen LogP contribution is -2.51. The number of piperazine rings is 1. The fraction of sp³-hybridized carbons (Fsp3) is 0.292. The zero-order chi connectivity index (χ0) is 24.9. The molecule has 182 valence electrons. The number of rotatable bonds is 3. The number of nitrogens with zero attached hydrogens (tertiary/aromatic N) is 2. The zero-order valence-corrected chi connectivity index (χ0v) is 19.9. The summed E-state index contributed by atoms with van der Waals surface area (Å²) in [4.78, 5) is 38.8. The molecule has 0 unspecified atom stereocenters. The molecule has 1 saturated heterocycles. The van der Waals surface area contributed by atoms with Gasteiger partial charge in [0, 0.05) is 37.6 Å².